The summed E-state index contributed by atoms with van der Waals surface area (Å²) in [7, 11) is 0. The van der Waals surface area contributed by atoms with Gasteiger partial charge in [-0.25, -0.2) is 0 Å². The van der Waals surface area contributed by atoms with Crippen molar-refractivity contribution < 1.29 is 9.90 Å². The van der Waals surface area contributed by atoms with Crippen LogP contribution in [0.15, 0.2) is 0 Å². The van der Waals surface area contributed by atoms with E-state index in [1.807, 2.05) is 6.92 Å². The molecule has 15 heavy (non-hydrogen) atoms. The summed E-state index contributed by atoms with van der Waals surface area (Å²) in [6, 6.07) is 0. The van der Waals surface area contributed by atoms with E-state index in [4.69, 9.17) is 5.73 Å². The molecule has 1 aliphatic rings. The predicted molar refractivity (Wildman–Crippen MR) is 60.7 cm³/mol. The Labute approximate surface area is 92.0 Å². The van der Waals surface area contributed by atoms with Gasteiger partial charge in [0.15, 0.2) is 0 Å². The summed E-state index contributed by atoms with van der Waals surface area (Å²) in [5.74, 6) is -0.650. The molecule has 88 valence electrons. The van der Waals surface area contributed by atoms with Gasteiger partial charge in [0.05, 0.1) is 5.41 Å². The van der Waals surface area contributed by atoms with Gasteiger partial charge in [0.25, 0.3) is 0 Å². The normalized spacial score (nSPS) is 38.9. The van der Waals surface area contributed by atoms with Crippen molar-refractivity contribution in [1.82, 2.24) is 0 Å². The third-order valence-corrected chi connectivity index (χ3v) is 3.72. The molecule has 3 heteroatoms. The Morgan fingerprint density at radius 3 is 2.13 bits per heavy atom. The highest BCUT2D eigenvalue weighted by Gasteiger charge is 2.34. The fourth-order valence-electron chi connectivity index (χ4n) is 2.39. The lowest BCUT2D eigenvalue weighted by Crippen LogP contribution is -2.35. The molecule has 1 saturated carbocycles. The average molecular weight is 213 g/mol. The molecule has 1 aliphatic carbocycles. The van der Waals surface area contributed by atoms with Gasteiger partial charge >= 0.3 is 5.97 Å². The first-order chi connectivity index (χ1) is 6.86. The molecule has 3 N–H and O–H groups in total. The zero-order valence-electron chi connectivity index (χ0n) is 9.88. The molecule has 2 unspecified atom stereocenters. The smallest absolute Gasteiger partial charge is 0.309 e. The van der Waals surface area contributed by atoms with E-state index in [0.717, 1.165) is 44.9 Å². The van der Waals surface area contributed by atoms with E-state index in [-0.39, 0.29) is 5.54 Å². The van der Waals surface area contributed by atoms with Crippen LogP contribution in [-0.4, -0.2) is 16.6 Å². The molecule has 0 radical (unpaired) electrons. The van der Waals surface area contributed by atoms with E-state index in [0.29, 0.717) is 0 Å². The number of carboxylic acid groups (broad SMARTS) is 1. The molecule has 0 heterocycles. The number of rotatable bonds is 1. The number of hydrogen-bond donors (Lipinski definition) is 2. The Hall–Kier alpha value is -0.570. The van der Waals surface area contributed by atoms with Crippen LogP contribution in [0.4, 0.5) is 0 Å². The Morgan fingerprint density at radius 1 is 1.07 bits per heavy atom. The third-order valence-electron chi connectivity index (χ3n) is 3.72. The maximum Gasteiger partial charge on any atom is 0.309 e. The van der Waals surface area contributed by atoms with E-state index in [1.165, 1.54) is 0 Å². The van der Waals surface area contributed by atoms with Crippen LogP contribution in [0.25, 0.3) is 0 Å². The number of carbonyl (C=O) groups is 1. The molecule has 0 bridgehead atoms. The van der Waals surface area contributed by atoms with Crippen LogP contribution in [0.1, 0.15) is 58.8 Å². The highest BCUT2D eigenvalue weighted by Crippen LogP contribution is 2.34. The molecule has 0 spiro atoms. The maximum atomic E-state index is 11.2. The number of nitrogens with two attached hydrogens (primary N) is 1. The van der Waals surface area contributed by atoms with E-state index >= 15 is 0 Å². The molecule has 0 saturated heterocycles. The SMILES string of the molecule is CC1(N)CCCCC(C)(C(=O)O)CCC1. The van der Waals surface area contributed by atoms with Gasteiger partial charge in [0, 0.05) is 5.54 Å². The predicted octanol–water partition coefficient (Wildman–Crippen LogP) is 2.54. The van der Waals surface area contributed by atoms with Crippen molar-refractivity contribution in [2.24, 2.45) is 11.1 Å². The standard InChI is InChI=1S/C12H23NO2/c1-11(10(14)15)6-3-4-8-12(2,13)9-5-7-11/h3-9,13H2,1-2H3,(H,14,15). The van der Waals surface area contributed by atoms with Crippen molar-refractivity contribution in [3.63, 3.8) is 0 Å². The molecule has 0 aromatic rings. The van der Waals surface area contributed by atoms with Crippen LogP contribution < -0.4 is 5.73 Å². The molecule has 0 amide bonds. The molecule has 0 aromatic carbocycles. The summed E-state index contributed by atoms with van der Waals surface area (Å²) in [4.78, 5) is 11.2. The van der Waals surface area contributed by atoms with Crippen molar-refractivity contribution >= 4 is 5.97 Å². The Bertz CT molecular complexity index is 238. The molecule has 0 aromatic heterocycles. The lowest BCUT2D eigenvalue weighted by molar-refractivity contribution is -0.148. The second kappa shape index (κ2) is 4.52. The zero-order valence-corrected chi connectivity index (χ0v) is 9.88. The monoisotopic (exact) mass is 213 g/mol. The van der Waals surface area contributed by atoms with Crippen molar-refractivity contribution in [3.8, 4) is 0 Å². The van der Waals surface area contributed by atoms with Gasteiger partial charge in [-0.1, -0.05) is 19.3 Å². The van der Waals surface area contributed by atoms with Gasteiger partial charge in [0.2, 0.25) is 0 Å². The van der Waals surface area contributed by atoms with Crippen LogP contribution in [-0.2, 0) is 4.79 Å². The third kappa shape index (κ3) is 3.49. The fourth-order valence-corrected chi connectivity index (χ4v) is 2.39. The minimum absolute atomic E-state index is 0.0935. The topological polar surface area (TPSA) is 63.3 Å². The van der Waals surface area contributed by atoms with Gasteiger partial charge < -0.3 is 10.8 Å². The molecule has 0 aliphatic heterocycles. The molecular weight excluding hydrogens is 190 g/mol. The maximum absolute atomic E-state index is 11.2. The van der Waals surface area contributed by atoms with Gasteiger partial charge in [0.1, 0.15) is 0 Å². The highest BCUT2D eigenvalue weighted by atomic mass is 16.4. The van der Waals surface area contributed by atoms with Crippen LogP contribution in [0.2, 0.25) is 0 Å². The van der Waals surface area contributed by atoms with Gasteiger partial charge in [-0.3, -0.25) is 4.79 Å². The Balaban J connectivity index is 2.64. The summed E-state index contributed by atoms with van der Waals surface area (Å²) in [5.41, 5.74) is 5.51. The summed E-state index contributed by atoms with van der Waals surface area (Å²) in [6.07, 6.45) is 6.47. The van der Waals surface area contributed by atoms with E-state index < -0.39 is 11.4 Å². The summed E-state index contributed by atoms with van der Waals surface area (Å²) in [6.45, 7) is 3.95. The van der Waals surface area contributed by atoms with Crippen LogP contribution in [0.3, 0.4) is 0 Å². The minimum Gasteiger partial charge on any atom is -0.481 e. The number of carboxylic acids is 1. The first-order valence-electron chi connectivity index (χ1n) is 5.88. The summed E-state index contributed by atoms with van der Waals surface area (Å²) < 4.78 is 0. The van der Waals surface area contributed by atoms with Crippen molar-refractivity contribution in [3.05, 3.63) is 0 Å². The van der Waals surface area contributed by atoms with Gasteiger partial charge in [-0.15, -0.1) is 0 Å². The second-order valence-corrected chi connectivity index (χ2v) is 5.58. The molecule has 3 nitrogen and oxygen atoms in total. The average Bonchev–Trinajstić information content (AvgIpc) is 2.17. The van der Waals surface area contributed by atoms with Crippen LogP contribution in [0, 0.1) is 5.41 Å². The summed E-state index contributed by atoms with van der Waals surface area (Å²) >= 11 is 0. The van der Waals surface area contributed by atoms with E-state index in [2.05, 4.69) is 6.92 Å². The molecular formula is C12H23NO2. The van der Waals surface area contributed by atoms with E-state index in [9.17, 15) is 9.90 Å². The molecule has 1 fully saturated rings. The van der Waals surface area contributed by atoms with Crippen LogP contribution in [0.5, 0.6) is 0 Å². The second-order valence-electron chi connectivity index (χ2n) is 5.58. The number of aliphatic carboxylic acids is 1. The Kier molecular flexibility index (Phi) is 3.77. The number of hydrogen-bond acceptors (Lipinski definition) is 2. The molecule has 2 atom stereocenters. The largest absolute Gasteiger partial charge is 0.481 e. The zero-order chi connectivity index (χ0) is 11.5. The first-order valence-corrected chi connectivity index (χ1v) is 5.88. The Morgan fingerprint density at radius 2 is 1.53 bits per heavy atom. The van der Waals surface area contributed by atoms with E-state index in [1.54, 1.807) is 0 Å². The highest BCUT2D eigenvalue weighted by molar-refractivity contribution is 5.74. The minimum atomic E-state index is -0.650. The van der Waals surface area contributed by atoms with Gasteiger partial charge in [-0.05, 0) is 39.5 Å². The first kappa shape index (κ1) is 12.5. The van der Waals surface area contributed by atoms with Crippen LogP contribution >= 0.6 is 0 Å². The quantitative estimate of drug-likeness (QED) is 0.703. The molecule has 1 rings (SSSR count). The van der Waals surface area contributed by atoms with Crippen molar-refractivity contribution in [2.75, 3.05) is 0 Å². The lowest BCUT2D eigenvalue weighted by atomic mass is 9.80. The lowest BCUT2D eigenvalue weighted by Gasteiger charge is -2.25. The fraction of sp³-hybridized carbons (Fsp3) is 0.917. The summed E-state index contributed by atoms with van der Waals surface area (Å²) in [5, 5.41) is 9.21. The van der Waals surface area contributed by atoms with Crippen molar-refractivity contribution in [2.45, 2.75) is 64.3 Å². The van der Waals surface area contributed by atoms with Gasteiger partial charge in [-0.2, -0.15) is 0 Å². The van der Waals surface area contributed by atoms with Crippen molar-refractivity contribution in [1.29, 1.82) is 0 Å².